The van der Waals surface area contributed by atoms with E-state index in [1.807, 2.05) is 0 Å². The van der Waals surface area contributed by atoms with E-state index in [2.05, 4.69) is 26.1 Å². The minimum atomic E-state index is -0.458. The van der Waals surface area contributed by atoms with Gasteiger partial charge in [0.2, 0.25) is 0 Å². The van der Waals surface area contributed by atoms with Crippen molar-refractivity contribution < 1.29 is 9.66 Å². The van der Waals surface area contributed by atoms with E-state index in [4.69, 9.17) is 16.3 Å². The fraction of sp³-hybridized carbons (Fsp3) is 0.111. The third kappa shape index (κ3) is 4.01. The number of aromatic amines is 1. The Morgan fingerprint density at radius 2 is 2.07 bits per heavy atom. The number of methoxy groups -OCH3 is 1. The number of hydrogen-bond donors (Lipinski definition) is 1. The van der Waals surface area contributed by atoms with E-state index >= 15 is 0 Å². The molecule has 138 valence electrons. The van der Waals surface area contributed by atoms with Gasteiger partial charge in [-0.2, -0.15) is 5.10 Å². The molecule has 0 saturated heterocycles. The van der Waals surface area contributed by atoms with Crippen LogP contribution in [0.2, 0.25) is 5.02 Å². The van der Waals surface area contributed by atoms with Crippen molar-refractivity contribution in [2.45, 2.75) is 6.42 Å². The Morgan fingerprint density at radius 3 is 2.78 bits per heavy atom. The molecular weight excluding hydrogens is 438 g/mol. The molecule has 1 N–H and O–H groups in total. The molecule has 0 unspecified atom stereocenters. The molecule has 2 aromatic carbocycles. The summed E-state index contributed by atoms with van der Waals surface area (Å²) < 4.78 is 5.67. The minimum Gasteiger partial charge on any atom is -0.496 e. The van der Waals surface area contributed by atoms with Crippen LogP contribution in [0.5, 0.6) is 5.75 Å². The maximum atomic E-state index is 12.1. The van der Waals surface area contributed by atoms with Crippen molar-refractivity contribution in [3.63, 3.8) is 0 Å². The molecule has 0 aliphatic carbocycles. The summed E-state index contributed by atoms with van der Waals surface area (Å²) in [7, 11) is 1.52. The average Bonchev–Trinajstić information content (AvgIpc) is 2.65. The zero-order chi connectivity index (χ0) is 19.6. The molecule has 9 heteroatoms. The highest BCUT2D eigenvalue weighted by atomic mass is 79.9. The van der Waals surface area contributed by atoms with Crippen LogP contribution in [0, 0.1) is 10.1 Å². The van der Waals surface area contributed by atoms with Gasteiger partial charge in [-0.1, -0.05) is 23.7 Å². The van der Waals surface area contributed by atoms with E-state index in [1.54, 1.807) is 30.3 Å². The van der Waals surface area contributed by atoms with Gasteiger partial charge >= 0.3 is 0 Å². The first-order chi connectivity index (χ1) is 12.9. The molecule has 0 bridgehead atoms. The molecule has 0 radical (unpaired) electrons. The van der Waals surface area contributed by atoms with Gasteiger partial charge in [0.15, 0.2) is 0 Å². The van der Waals surface area contributed by atoms with Crippen LogP contribution in [0.4, 0.5) is 5.69 Å². The van der Waals surface area contributed by atoms with Crippen LogP contribution in [0.15, 0.2) is 51.7 Å². The molecule has 1 aromatic heterocycles. The van der Waals surface area contributed by atoms with Crippen molar-refractivity contribution in [1.29, 1.82) is 0 Å². The topological polar surface area (TPSA) is 98.1 Å². The largest absolute Gasteiger partial charge is 0.496 e. The molecule has 27 heavy (non-hydrogen) atoms. The van der Waals surface area contributed by atoms with Crippen molar-refractivity contribution in [1.82, 2.24) is 10.2 Å². The number of halogens is 2. The maximum Gasteiger partial charge on any atom is 0.279 e. The Hall–Kier alpha value is -2.71. The summed E-state index contributed by atoms with van der Waals surface area (Å²) in [6.45, 7) is 0. The zero-order valence-electron chi connectivity index (χ0n) is 14.0. The van der Waals surface area contributed by atoms with Crippen LogP contribution in [0.3, 0.4) is 0 Å². The van der Waals surface area contributed by atoms with Gasteiger partial charge in [0.25, 0.3) is 11.2 Å². The van der Waals surface area contributed by atoms with Crippen molar-refractivity contribution in [2.75, 3.05) is 7.11 Å². The number of benzene rings is 2. The second-order valence-corrected chi connectivity index (χ2v) is 6.87. The number of nitrogens with zero attached hydrogens (tertiary/aromatic N) is 2. The van der Waals surface area contributed by atoms with E-state index in [0.717, 1.165) is 0 Å². The van der Waals surface area contributed by atoms with Crippen molar-refractivity contribution in [2.24, 2.45) is 0 Å². The van der Waals surface area contributed by atoms with Crippen LogP contribution in [-0.4, -0.2) is 22.2 Å². The Bertz CT molecular complexity index is 1080. The lowest BCUT2D eigenvalue weighted by Crippen LogP contribution is -2.14. The van der Waals surface area contributed by atoms with Crippen molar-refractivity contribution in [3.8, 4) is 16.9 Å². The lowest BCUT2D eigenvalue weighted by molar-refractivity contribution is -0.384. The quantitative estimate of drug-likeness (QED) is 0.460. The number of rotatable bonds is 5. The first-order valence-corrected chi connectivity index (χ1v) is 8.92. The minimum absolute atomic E-state index is 0.0159. The van der Waals surface area contributed by atoms with Gasteiger partial charge in [0.05, 0.1) is 22.2 Å². The Labute approximate surface area is 167 Å². The van der Waals surface area contributed by atoms with E-state index in [0.29, 0.717) is 33.2 Å². The number of hydrogen-bond acceptors (Lipinski definition) is 5. The van der Waals surface area contributed by atoms with Crippen molar-refractivity contribution >= 4 is 33.2 Å². The third-order valence-electron chi connectivity index (χ3n) is 3.92. The lowest BCUT2D eigenvalue weighted by atomic mass is 9.99. The number of ether oxygens (including phenoxy) is 1. The van der Waals surface area contributed by atoms with E-state index in [-0.39, 0.29) is 16.6 Å². The van der Waals surface area contributed by atoms with Gasteiger partial charge in [0.1, 0.15) is 5.75 Å². The molecule has 1 heterocycles. The molecule has 0 aliphatic rings. The van der Waals surface area contributed by atoms with Crippen LogP contribution in [0.25, 0.3) is 11.1 Å². The molecule has 0 spiro atoms. The van der Waals surface area contributed by atoms with Gasteiger partial charge in [-0.3, -0.25) is 14.9 Å². The molecular formula is C18H13BrClN3O4. The van der Waals surface area contributed by atoms with E-state index in [1.165, 1.54) is 19.2 Å². The van der Waals surface area contributed by atoms with Gasteiger partial charge in [-0.25, -0.2) is 5.10 Å². The predicted molar refractivity (Wildman–Crippen MR) is 105 cm³/mol. The van der Waals surface area contributed by atoms with E-state index < -0.39 is 10.5 Å². The molecule has 0 atom stereocenters. The summed E-state index contributed by atoms with van der Waals surface area (Å²) in [4.78, 5) is 22.7. The number of aromatic nitrogens is 2. The molecule has 3 aromatic rings. The number of H-pyrrole nitrogens is 1. The van der Waals surface area contributed by atoms with Crippen LogP contribution >= 0.6 is 27.5 Å². The monoisotopic (exact) mass is 449 g/mol. The van der Waals surface area contributed by atoms with Crippen LogP contribution < -0.4 is 10.3 Å². The summed E-state index contributed by atoms with van der Waals surface area (Å²) in [6.07, 6.45) is 0.266. The summed E-state index contributed by atoms with van der Waals surface area (Å²) in [5, 5.41) is 18.1. The Balaban J connectivity index is 2.17. The van der Waals surface area contributed by atoms with Gasteiger partial charge in [-0.15, -0.1) is 0 Å². The summed E-state index contributed by atoms with van der Waals surface area (Å²) in [5.74, 6) is 0.521. The van der Waals surface area contributed by atoms with Crippen LogP contribution in [0.1, 0.15) is 11.3 Å². The number of nitro benzene ring substituents is 1. The molecule has 0 aliphatic heterocycles. The Kier molecular flexibility index (Phi) is 5.57. The zero-order valence-corrected chi connectivity index (χ0v) is 16.4. The SMILES string of the molecule is COc1ccc(Cl)cc1-c1c(Cc2cccc([N+](=O)[O-])c2)n[nH]c(=O)c1Br. The average molecular weight is 451 g/mol. The fourth-order valence-corrected chi connectivity index (χ4v) is 3.42. The smallest absolute Gasteiger partial charge is 0.279 e. The van der Waals surface area contributed by atoms with Crippen molar-refractivity contribution in [3.05, 3.63) is 83.7 Å². The summed E-state index contributed by atoms with van der Waals surface area (Å²) in [6, 6.07) is 11.3. The van der Waals surface area contributed by atoms with Crippen LogP contribution in [-0.2, 0) is 6.42 Å². The summed E-state index contributed by atoms with van der Waals surface area (Å²) in [5.41, 5.74) is 1.88. The molecule has 3 rings (SSSR count). The fourth-order valence-electron chi connectivity index (χ4n) is 2.71. The predicted octanol–water partition coefficient (Wildman–Crippen LogP) is 4.36. The van der Waals surface area contributed by atoms with Gasteiger partial charge < -0.3 is 4.74 Å². The van der Waals surface area contributed by atoms with E-state index in [9.17, 15) is 14.9 Å². The molecule has 0 fully saturated rings. The Morgan fingerprint density at radius 1 is 1.30 bits per heavy atom. The number of nitro groups is 1. The highest BCUT2D eigenvalue weighted by molar-refractivity contribution is 9.10. The highest BCUT2D eigenvalue weighted by Crippen LogP contribution is 2.37. The molecule has 7 nitrogen and oxygen atoms in total. The third-order valence-corrected chi connectivity index (χ3v) is 4.92. The standard InChI is InChI=1S/C18H13BrClN3O4/c1-27-15-6-5-11(20)9-13(15)16-14(21-22-18(24)17(16)19)8-10-3-2-4-12(7-10)23(25)26/h2-7,9H,8H2,1H3,(H,22,24). The van der Waals surface area contributed by atoms with Gasteiger partial charge in [0, 0.05) is 34.7 Å². The first-order valence-electron chi connectivity index (χ1n) is 7.75. The second kappa shape index (κ2) is 7.89. The summed E-state index contributed by atoms with van der Waals surface area (Å²) >= 11 is 9.45. The maximum absolute atomic E-state index is 12.1. The van der Waals surface area contributed by atoms with Gasteiger partial charge in [-0.05, 0) is 39.7 Å². The molecule has 0 amide bonds. The normalized spacial score (nSPS) is 10.6. The second-order valence-electron chi connectivity index (χ2n) is 5.64. The lowest BCUT2D eigenvalue weighted by Gasteiger charge is -2.14. The first kappa shape index (κ1) is 19.1. The number of non-ortho nitro benzene ring substituents is 1. The molecule has 0 saturated carbocycles. The number of nitrogens with one attached hydrogen (secondary N) is 1. The highest BCUT2D eigenvalue weighted by Gasteiger charge is 2.19.